The number of methoxy groups -OCH3 is 1. The molecule has 0 heterocycles. The van der Waals surface area contributed by atoms with E-state index in [-0.39, 0.29) is 17.8 Å². The van der Waals surface area contributed by atoms with Gasteiger partial charge in [0.15, 0.2) is 0 Å². The Balaban J connectivity index is 2.27. The number of hydrogen-bond acceptors (Lipinski definition) is 3. The Hall–Kier alpha value is -1.51. The fourth-order valence-electron chi connectivity index (χ4n) is 2.90. The number of hydrogen-bond donors (Lipinski definition) is 0. The average molecular weight is 262 g/mol. The van der Waals surface area contributed by atoms with E-state index in [1.807, 2.05) is 19.9 Å². The van der Waals surface area contributed by atoms with Crippen molar-refractivity contribution in [2.45, 2.75) is 39.0 Å². The van der Waals surface area contributed by atoms with Gasteiger partial charge in [-0.15, -0.1) is 0 Å². The van der Waals surface area contributed by atoms with Crippen molar-refractivity contribution in [1.82, 2.24) is 0 Å². The summed E-state index contributed by atoms with van der Waals surface area (Å²) in [4.78, 5) is 12.0. The van der Waals surface area contributed by atoms with Crippen LogP contribution in [-0.2, 0) is 16.0 Å². The van der Waals surface area contributed by atoms with Crippen molar-refractivity contribution in [2.24, 2.45) is 5.92 Å². The molecule has 0 spiro atoms. The molecule has 0 fully saturated rings. The van der Waals surface area contributed by atoms with Gasteiger partial charge in [-0.25, -0.2) is 0 Å². The van der Waals surface area contributed by atoms with Gasteiger partial charge in [0.1, 0.15) is 5.75 Å². The van der Waals surface area contributed by atoms with Crippen molar-refractivity contribution in [3.05, 3.63) is 29.3 Å². The van der Waals surface area contributed by atoms with Crippen molar-refractivity contribution >= 4 is 5.97 Å². The largest absolute Gasteiger partial charge is 0.497 e. The van der Waals surface area contributed by atoms with Gasteiger partial charge in [0.2, 0.25) is 0 Å². The zero-order chi connectivity index (χ0) is 13.8. The maximum Gasteiger partial charge on any atom is 0.309 e. The van der Waals surface area contributed by atoms with Crippen LogP contribution in [0.5, 0.6) is 5.75 Å². The molecule has 1 aliphatic rings. The highest BCUT2D eigenvalue weighted by Gasteiger charge is 2.30. The van der Waals surface area contributed by atoms with E-state index in [0.29, 0.717) is 6.61 Å². The van der Waals surface area contributed by atoms with E-state index < -0.39 is 0 Å². The van der Waals surface area contributed by atoms with Gasteiger partial charge in [-0.1, -0.05) is 13.0 Å². The monoisotopic (exact) mass is 262 g/mol. The molecule has 2 atom stereocenters. The molecule has 1 aromatic carbocycles. The van der Waals surface area contributed by atoms with Gasteiger partial charge in [-0.2, -0.15) is 0 Å². The summed E-state index contributed by atoms with van der Waals surface area (Å²) < 4.78 is 10.5. The fourth-order valence-corrected chi connectivity index (χ4v) is 2.90. The fraction of sp³-hybridized carbons (Fsp3) is 0.562. The molecular formula is C16H22O3. The van der Waals surface area contributed by atoms with Crippen LogP contribution in [0.3, 0.4) is 0 Å². The molecule has 3 nitrogen and oxygen atoms in total. The summed E-state index contributed by atoms with van der Waals surface area (Å²) in [6.07, 6.45) is 3.26. The van der Waals surface area contributed by atoms with Gasteiger partial charge >= 0.3 is 5.97 Å². The summed E-state index contributed by atoms with van der Waals surface area (Å²) in [7, 11) is 1.67. The van der Waals surface area contributed by atoms with E-state index in [2.05, 4.69) is 12.1 Å². The average Bonchev–Trinajstić information content (AvgIpc) is 2.45. The molecule has 0 amide bonds. The Bertz CT molecular complexity index is 453. The smallest absolute Gasteiger partial charge is 0.309 e. The molecule has 0 bridgehead atoms. The zero-order valence-corrected chi connectivity index (χ0v) is 11.9. The minimum Gasteiger partial charge on any atom is -0.497 e. The molecule has 0 saturated heterocycles. The molecule has 0 aliphatic heterocycles. The van der Waals surface area contributed by atoms with Crippen LogP contribution in [0.1, 0.15) is 43.7 Å². The SMILES string of the molecule is CCOC(=O)C(C)C1CCCc2ccc(OC)cc21. The third-order valence-electron chi connectivity index (χ3n) is 3.98. The van der Waals surface area contributed by atoms with Crippen LogP contribution in [0.2, 0.25) is 0 Å². The second kappa shape index (κ2) is 6.09. The number of carbonyl (C=O) groups is 1. The van der Waals surface area contributed by atoms with Gasteiger partial charge in [-0.05, 0) is 55.4 Å². The normalized spacial score (nSPS) is 19.4. The molecule has 1 aromatic rings. The van der Waals surface area contributed by atoms with E-state index in [1.54, 1.807) is 7.11 Å². The second-order valence-electron chi connectivity index (χ2n) is 5.10. The number of rotatable bonds is 4. The molecule has 0 radical (unpaired) electrons. The molecule has 2 rings (SSSR count). The van der Waals surface area contributed by atoms with Crippen LogP contribution in [0.25, 0.3) is 0 Å². The van der Waals surface area contributed by atoms with Gasteiger partial charge in [0.25, 0.3) is 0 Å². The minimum absolute atomic E-state index is 0.0916. The van der Waals surface area contributed by atoms with E-state index in [4.69, 9.17) is 9.47 Å². The quantitative estimate of drug-likeness (QED) is 0.781. The van der Waals surface area contributed by atoms with Crippen LogP contribution in [-0.4, -0.2) is 19.7 Å². The Kier molecular flexibility index (Phi) is 4.46. The summed E-state index contributed by atoms with van der Waals surface area (Å²) in [5.74, 6) is 0.925. The Morgan fingerprint density at radius 1 is 1.47 bits per heavy atom. The number of carbonyl (C=O) groups excluding carboxylic acids is 1. The predicted molar refractivity (Wildman–Crippen MR) is 74.5 cm³/mol. The first-order valence-corrected chi connectivity index (χ1v) is 7.00. The Morgan fingerprint density at radius 2 is 2.26 bits per heavy atom. The lowest BCUT2D eigenvalue weighted by molar-refractivity contribution is -0.148. The van der Waals surface area contributed by atoms with Gasteiger partial charge in [-0.3, -0.25) is 4.79 Å². The molecule has 104 valence electrons. The number of esters is 1. The summed E-state index contributed by atoms with van der Waals surface area (Å²) >= 11 is 0. The number of fused-ring (bicyclic) bond motifs is 1. The summed E-state index contributed by atoms with van der Waals surface area (Å²) in [6.45, 7) is 4.26. The van der Waals surface area contributed by atoms with Crippen molar-refractivity contribution in [1.29, 1.82) is 0 Å². The molecule has 19 heavy (non-hydrogen) atoms. The van der Waals surface area contributed by atoms with E-state index in [9.17, 15) is 4.79 Å². The Labute approximate surface area is 114 Å². The number of benzene rings is 1. The standard InChI is InChI=1S/C16H22O3/c1-4-19-16(17)11(2)14-7-5-6-12-8-9-13(18-3)10-15(12)14/h8-11,14H,4-7H2,1-3H3. The molecule has 0 aromatic heterocycles. The zero-order valence-electron chi connectivity index (χ0n) is 11.9. The van der Waals surface area contributed by atoms with E-state index in [0.717, 1.165) is 25.0 Å². The minimum atomic E-state index is -0.0943. The number of aryl methyl sites for hydroxylation is 1. The maximum absolute atomic E-state index is 12.0. The van der Waals surface area contributed by atoms with Gasteiger partial charge in [0, 0.05) is 0 Å². The third kappa shape index (κ3) is 2.91. The van der Waals surface area contributed by atoms with Crippen LogP contribution in [0.4, 0.5) is 0 Å². The van der Waals surface area contributed by atoms with Crippen molar-refractivity contribution in [3.8, 4) is 5.75 Å². The van der Waals surface area contributed by atoms with Gasteiger partial charge in [0.05, 0.1) is 19.6 Å². The number of ether oxygens (including phenoxy) is 2. The molecule has 1 aliphatic carbocycles. The highest BCUT2D eigenvalue weighted by molar-refractivity contribution is 5.73. The molecule has 0 saturated carbocycles. The van der Waals surface area contributed by atoms with Crippen molar-refractivity contribution in [2.75, 3.05) is 13.7 Å². The molecule has 2 unspecified atom stereocenters. The summed E-state index contributed by atoms with van der Waals surface area (Å²) in [5, 5.41) is 0. The summed E-state index contributed by atoms with van der Waals surface area (Å²) in [6, 6.07) is 6.20. The van der Waals surface area contributed by atoms with Crippen molar-refractivity contribution in [3.63, 3.8) is 0 Å². The maximum atomic E-state index is 12.0. The van der Waals surface area contributed by atoms with Crippen molar-refractivity contribution < 1.29 is 14.3 Å². The van der Waals surface area contributed by atoms with Crippen LogP contribution < -0.4 is 4.74 Å². The molecule has 3 heteroatoms. The van der Waals surface area contributed by atoms with Crippen LogP contribution >= 0.6 is 0 Å². The van der Waals surface area contributed by atoms with E-state index >= 15 is 0 Å². The Morgan fingerprint density at radius 3 is 2.95 bits per heavy atom. The van der Waals surface area contributed by atoms with Crippen LogP contribution in [0.15, 0.2) is 18.2 Å². The lowest BCUT2D eigenvalue weighted by Gasteiger charge is -2.29. The first-order chi connectivity index (χ1) is 9.17. The first kappa shape index (κ1) is 13.9. The third-order valence-corrected chi connectivity index (χ3v) is 3.98. The lowest BCUT2D eigenvalue weighted by atomic mass is 9.76. The highest BCUT2D eigenvalue weighted by atomic mass is 16.5. The van der Waals surface area contributed by atoms with E-state index in [1.165, 1.54) is 11.1 Å². The molecular weight excluding hydrogens is 240 g/mol. The predicted octanol–water partition coefficient (Wildman–Crippen LogP) is 3.31. The topological polar surface area (TPSA) is 35.5 Å². The second-order valence-corrected chi connectivity index (χ2v) is 5.10. The summed E-state index contributed by atoms with van der Waals surface area (Å²) in [5.41, 5.74) is 2.60. The highest BCUT2D eigenvalue weighted by Crippen LogP contribution is 2.39. The lowest BCUT2D eigenvalue weighted by Crippen LogP contribution is -2.25. The van der Waals surface area contributed by atoms with Gasteiger partial charge < -0.3 is 9.47 Å². The van der Waals surface area contributed by atoms with Crippen LogP contribution in [0, 0.1) is 5.92 Å². The molecule has 0 N–H and O–H groups in total. The first-order valence-electron chi connectivity index (χ1n) is 7.00.